The number of nitrogens with one attached hydrogen (secondary N) is 1. The number of carbonyl (C=O) groups excluding carboxylic acids is 2. The Morgan fingerprint density at radius 2 is 1.59 bits per heavy atom. The normalized spacial score (nSPS) is 12.2. The summed E-state index contributed by atoms with van der Waals surface area (Å²) in [6.45, 7) is 4.99. The summed E-state index contributed by atoms with van der Waals surface area (Å²) in [4.78, 5) is 28.6. The molecule has 11 heteroatoms. The molecule has 0 fully saturated rings. The van der Waals surface area contributed by atoms with Crippen LogP contribution in [-0.4, -0.2) is 43.8 Å². The molecule has 0 spiro atoms. The Morgan fingerprint density at radius 3 is 2.15 bits per heavy atom. The molecule has 39 heavy (non-hydrogen) atoms. The molecule has 0 saturated carbocycles. The molecule has 0 aliphatic heterocycles. The van der Waals surface area contributed by atoms with Crippen molar-refractivity contribution in [2.24, 2.45) is 0 Å². The van der Waals surface area contributed by atoms with Crippen molar-refractivity contribution in [1.29, 1.82) is 0 Å². The Morgan fingerprint density at radius 1 is 0.949 bits per heavy atom. The van der Waals surface area contributed by atoms with Gasteiger partial charge in [0.05, 0.1) is 20.6 Å². The van der Waals surface area contributed by atoms with Crippen LogP contribution in [0, 0.1) is 3.57 Å². The Bertz CT molecular complexity index is 1400. The molecule has 208 valence electrons. The lowest BCUT2D eigenvalue weighted by Crippen LogP contribution is -2.53. The van der Waals surface area contributed by atoms with Gasteiger partial charge in [-0.2, -0.15) is 0 Å². The van der Waals surface area contributed by atoms with Gasteiger partial charge in [0.2, 0.25) is 11.8 Å². The Hall–Kier alpha value is -2.34. The van der Waals surface area contributed by atoms with Crippen LogP contribution in [0.3, 0.4) is 0 Å². The lowest BCUT2D eigenvalue weighted by Gasteiger charge is -2.33. The van der Waals surface area contributed by atoms with Crippen LogP contribution in [0.4, 0.5) is 5.69 Å². The van der Waals surface area contributed by atoms with E-state index in [1.165, 1.54) is 17.0 Å². The fourth-order valence-corrected chi connectivity index (χ4v) is 6.11. The third kappa shape index (κ3) is 8.09. The number of anilines is 1. The van der Waals surface area contributed by atoms with Crippen LogP contribution in [0.5, 0.6) is 0 Å². The van der Waals surface area contributed by atoms with Crippen LogP contribution in [0.2, 0.25) is 10.0 Å². The number of benzene rings is 3. The minimum atomic E-state index is -4.11. The van der Waals surface area contributed by atoms with E-state index < -0.39 is 28.5 Å². The van der Waals surface area contributed by atoms with Crippen molar-refractivity contribution in [3.05, 3.63) is 92.0 Å². The van der Waals surface area contributed by atoms with Gasteiger partial charge in [0, 0.05) is 16.2 Å². The van der Waals surface area contributed by atoms with Gasteiger partial charge >= 0.3 is 0 Å². The van der Waals surface area contributed by atoms with Gasteiger partial charge in [-0.25, -0.2) is 8.42 Å². The Kier molecular flexibility index (Phi) is 11.1. The molecule has 1 atom stereocenters. The zero-order valence-corrected chi connectivity index (χ0v) is 26.3. The SMILES string of the molecule is CCC(C(=O)NC(C)C)N(Cc1ccc(Cl)c(Cl)c1)C(=O)CN(c1ccc(I)cc1)S(=O)(=O)c1ccccc1. The van der Waals surface area contributed by atoms with Crippen LogP contribution in [0.15, 0.2) is 77.7 Å². The van der Waals surface area contributed by atoms with Crippen LogP contribution in [-0.2, 0) is 26.2 Å². The van der Waals surface area contributed by atoms with E-state index in [4.69, 9.17) is 23.2 Å². The molecule has 0 aromatic heterocycles. The molecular weight excluding hydrogens is 672 g/mol. The van der Waals surface area contributed by atoms with Gasteiger partial charge in [-0.15, -0.1) is 0 Å². The highest BCUT2D eigenvalue weighted by atomic mass is 127. The molecule has 1 unspecified atom stereocenters. The van der Waals surface area contributed by atoms with Crippen molar-refractivity contribution in [3.63, 3.8) is 0 Å². The number of hydrogen-bond donors (Lipinski definition) is 1. The summed E-state index contributed by atoms with van der Waals surface area (Å²) in [7, 11) is -4.11. The number of sulfonamides is 1. The fraction of sp³-hybridized carbons (Fsp3) is 0.286. The topological polar surface area (TPSA) is 86.8 Å². The number of hydrogen-bond acceptors (Lipinski definition) is 4. The third-order valence-electron chi connectivity index (χ3n) is 5.88. The first-order valence-corrected chi connectivity index (χ1v) is 15.6. The molecule has 0 aliphatic carbocycles. The van der Waals surface area contributed by atoms with E-state index in [-0.39, 0.29) is 23.4 Å². The molecule has 3 aromatic carbocycles. The number of rotatable bonds is 11. The van der Waals surface area contributed by atoms with Crippen molar-refractivity contribution >= 4 is 73.3 Å². The average Bonchev–Trinajstić information content (AvgIpc) is 2.89. The molecule has 0 radical (unpaired) electrons. The van der Waals surface area contributed by atoms with Crippen LogP contribution in [0.25, 0.3) is 0 Å². The summed E-state index contributed by atoms with van der Waals surface area (Å²) in [5.74, 6) is -0.863. The first kappa shape index (κ1) is 31.2. The molecule has 3 rings (SSSR count). The van der Waals surface area contributed by atoms with Crippen molar-refractivity contribution < 1.29 is 18.0 Å². The number of carbonyl (C=O) groups is 2. The van der Waals surface area contributed by atoms with E-state index >= 15 is 0 Å². The molecule has 1 N–H and O–H groups in total. The molecular formula is C28H30Cl2IN3O4S. The van der Waals surface area contributed by atoms with Crippen LogP contribution < -0.4 is 9.62 Å². The van der Waals surface area contributed by atoms with E-state index in [0.29, 0.717) is 27.7 Å². The van der Waals surface area contributed by atoms with Crippen molar-refractivity contribution in [3.8, 4) is 0 Å². The lowest BCUT2D eigenvalue weighted by molar-refractivity contribution is -0.140. The Balaban J connectivity index is 2.06. The number of halogens is 3. The molecule has 0 bridgehead atoms. The second-order valence-electron chi connectivity index (χ2n) is 9.16. The van der Waals surface area contributed by atoms with Crippen LogP contribution in [0.1, 0.15) is 32.8 Å². The first-order valence-electron chi connectivity index (χ1n) is 12.3. The fourth-order valence-electron chi connectivity index (χ4n) is 3.99. The number of amides is 2. The highest BCUT2D eigenvalue weighted by Gasteiger charge is 2.33. The minimum absolute atomic E-state index is 0.0334. The summed E-state index contributed by atoms with van der Waals surface area (Å²) in [5.41, 5.74) is 0.988. The maximum atomic E-state index is 14.0. The molecule has 0 heterocycles. The van der Waals surface area contributed by atoms with Gasteiger partial charge in [-0.1, -0.05) is 54.4 Å². The van der Waals surface area contributed by atoms with Gasteiger partial charge in [0.1, 0.15) is 12.6 Å². The third-order valence-corrected chi connectivity index (χ3v) is 9.12. The molecule has 3 aromatic rings. The number of nitrogens with zero attached hydrogens (tertiary/aromatic N) is 2. The van der Waals surface area contributed by atoms with Gasteiger partial charge in [-0.05, 0) is 97.0 Å². The largest absolute Gasteiger partial charge is 0.352 e. The molecule has 0 saturated heterocycles. The predicted octanol–water partition coefficient (Wildman–Crippen LogP) is 6.13. The van der Waals surface area contributed by atoms with E-state index in [9.17, 15) is 18.0 Å². The lowest BCUT2D eigenvalue weighted by atomic mass is 10.1. The summed E-state index contributed by atoms with van der Waals surface area (Å²) in [5, 5.41) is 3.55. The minimum Gasteiger partial charge on any atom is -0.352 e. The average molecular weight is 702 g/mol. The zero-order chi connectivity index (χ0) is 28.7. The summed E-state index contributed by atoms with van der Waals surface area (Å²) in [6, 6.07) is 18.8. The van der Waals surface area contributed by atoms with Gasteiger partial charge in [0.15, 0.2) is 0 Å². The second-order valence-corrected chi connectivity index (χ2v) is 13.1. The summed E-state index contributed by atoms with van der Waals surface area (Å²) < 4.78 is 29.5. The zero-order valence-electron chi connectivity index (χ0n) is 21.8. The maximum absolute atomic E-state index is 14.0. The second kappa shape index (κ2) is 13.8. The van der Waals surface area contributed by atoms with Crippen molar-refractivity contribution in [2.75, 3.05) is 10.8 Å². The summed E-state index contributed by atoms with van der Waals surface area (Å²) in [6.07, 6.45) is 0.320. The van der Waals surface area contributed by atoms with Crippen LogP contribution >= 0.6 is 45.8 Å². The first-order chi connectivity index (χ1) is 18.4. The van der Waals surface area contributed by atoms with E-state index in [1.807, 2.05) is 13.8 Å². The summed E-state index contributed by atoms with van der Waals surface area (Å²) >= 11 is 14.4. The monoisotopic (exact) mass is 701 g/mol. The highest BCUT2D eigenvalue weighted by Crippen LogP contribution is 2.27. The quantitative estimate of drug-likeness (QED) is 0.244. The predicted molar refractivity (Wildman–Crippen MR) is 165 cm³/mol. The standard InChI is InChI=1S/C28H30Cl2IN3O4S/c1-4-26(28(36)32-19(2)3)33(17-20-10-15-24(29)25(30)16-20)27(35)18-34(22-13-11-21(31)12-14-22)39(37,38)23-8-6-5-7-9-23/h5-16,19,26H,4,17-18H2,1-3H3,(H,32,36). The smallest absolute Gasteiger partial charge is 0.264 e. The van der Waals surface area contributed by atoms with E-state index in [2.05, 4.69) is 27.9 Å². The maximum Gasteiger partial charge on any atom is 0.264 e. The Labute approximate surface area is 253 Å². The van der Waals surface area contributed by atoms with E-state index in [1.54, 1.807) is 67.6 Å². The molecule has 2 amide bonds. The van der Waals surface area contributed by atoms with Gasteiger partial charge in [0.25, 0.3) is 10.0 Å². The highest BCUT2D eigenvalue weighted by molar-refractivity contribution is 14.1. The van der Waals surface area contributed by atoms with Crippen molar-refractivity contribution in [1.82, 2.24) is 10.2 Å². The van der Waals surface area contributed by atoms with E-state index in [0.717, 1.165) is 7.88 Å². The molecule has 0 aliphatic rings. The molecule has 7 nitrogen and oxygen atoms in total. The van der Waals surface area contributed by atoms with Crippen molar-refractivity contribution in [2.45, 2.75) is 50.7 Å². The van der Waals surface area contributed by atoms with Gasteiger partial charge < -0.3 is 10.2 Å². The van der Waals surface area contributed by atoms with Gasteiger partial charge in [-0.3, -0.25) is 13.9 Å².